The third-order valence-corrected chi connectivity index (χ3v) is 5.86. The minimum atomic E-state index is -3.78. The van der Waals surface area contributed by atoms with Crippen LogP contribution in [0.15, 0.2) is 47.4 Å². The van der Waals surface area contributed by atoms with Crippen LogP contribution in [0, 0.1) is 0 Å². The lowest BCUT2D eigenvalue weighted by atomic mass is 10.1. The molecule has 1 amide bonds. The van der Waals surface area contributed by atoms with Crippen LogP contribution in [0.4, 0.5) is 11.4 Å². The number of halogens is 1. The lowest BCUT2D eigenvalue weighted by molar-refractivity contribution is -0.119. The van der Waals surface area contributed by atoms with Gasteiger partial charge in [-0.25, -0.2) is 8.42 Å². The van der Waals surface area contributed by atoms with Gasteiger partial charge in [-0.3, -0.25) is 9.52 Å². The predicted molar refractivity (Wildman–Crippen MR) is 101 cm³/mol. The van der Waals surface area contributed by atoms with Crippen molar-refractivity contribution >= 4 is 38.9 Å². The van der Waals surface area contributed by atoms with Gasteiger partial charge in [-0.1, -0.05) is 11.6 Å². The van der Waals surface area contributed by atoms with Gasteiger partial charge in [0.25, 0.3) is 10.0 Å². The van der Waals surface area contributed by atoms with E-state index in [-0.39, 0.29) is 15.8 Å². The minimum Gasteiger partial charge on any atom is -0.495 e. The van der Waals surface area contributed by atoms with Gasteiger partial charge in [0.1, 0.15) is 5.75 Å². The van der Waals surface area contributed by atoms with Crippen molar-refractivity contribution in [3.8, 4) is 5.75 Å². The SMILES string of the molecule is COc1ccc(S(=O)(=O)Nc2ccc(N3CCCCC3=O)cc2)cc1Cl. The Kier molecular flexibility index (Phi) is 5.38. The highest BCUT2D eigenvalue weighted by molar-refractivity contribution is 7.92. The first-order chi connectivity index (χ1) is 12.4. The zero-order chi connectivity index (χ0) is 18.7. The van der Waals surface area contributed by atoms with E-state index in [1.165, 1.54) is 25.3 Å². The average molecular weight is 395 g/mol. The van der Waals surface area contributed by atoms with Crippen molar-refractivity contribution in [3.63, 3.8) is 0 Å². The number of nitrogens with zero attached hydrogens (tertiary/aromatic N) is 1. The standard InChI is InChI=1S/C18H19ClN2O4S/c1-25-17-10-9-15(12-16(17)19)26(23,24)20-13-5-7-14(8-6-13)21-11-3-2-4-18(21)22/h5-10,12,20H,2-4,11H2,1H3. The van der Waals surface area contributed by atoms with Crippen molar-refractivity contribution in [2.24, 2.45) is 0 Å². The number of benzene rings is 2. The van der Waals surface area contributed by atoms with Gasteiger partial charge in [0.2, 0.25) is 5.91 Å². The highest BCUT2D eigenvalue weighted by atomic mass is 35.5. The zero-order valence-corrected chi connectivity index (χ0v) is 15.8. The molecule has 138 valence electrons. The number of nitrogens with one attached hydrogen (secondary N) is 1. The van der Waals surface area contributed by atoms with Crippen molar-refractivity contribution < 1.29 is 17.9 Å². The normalized spacial score (nSPS) is 15.0. The topological polar surface area (TPSA) is 75.7 Å². The molecule has 1 saturated heterocycles. The van der Waals surface area contributed by atoms with Crippen LogP contribution < -0.4 is 14.4 Å². The smallest absolute Gasteiger partial charge is 0.261 e. The van der Waals surface area contributed by atoms with E-state index >= 15 is 0 Å². The van der Waals surface area contributed by atoms with Crippen LogP contribution in [-0.4, -0.2) is 28.0 Å². The van der Waals surface area contributed by atoms with E-state index in [9.17, 15) is 13.2 Å². The van der Waals surface area contributed by atoms with Crippen LogP contribution in [0.2, 0.25) is 5.02 Å². The summed E-state index contributed by atoms with van der Waals surface area (Å²) >= 11 is 6.00. The first-order valence-corrected chi connectivity index (χ1v) is 10.0. The molecular weight excluding hydrogens is 376 g/mol. The first-order valence-electron chi connectivity index (χ1n) is 8.17. The van der Waals surface area contributed by atoms with Crippen LogP contribution >= 0.6 is 11.6 Å². The fraction of sp³-hybridized carbons (Fsp3) is 0.278. The molecule has 0 saturated carbocycles. The quantitative estimate of drug-likeness (QED) is 0.839. The molecule has 0 bridgehead atoms. The molecular formula is C18H19ClN2O4S. The van der Waals surface area contributed by atoms with Crippen molar-refractivity contribution in [3.05, 3.63) is 47.5 Å². The number of anilines is 2. The monoisotopic (exact) mass is 394 g/mol. The molecule has 0 spiro atoms. The Morgan fingerprint density at radius 2 is 1.85 bits per heavy atom. The second-order valence-corrected chi connectivity index (χ2v) is 8.04. The molecule has 6 nitrogen and oxygen atoms in total. The summed E-state index contributed by atoms with van der Waals surface area (Å²) in [5, 5.41) is 0.217. The molecule has 26 heavy (non-hydrogen) atoms. The van der Waals surface area contributed by atoms with Gasteiger partial charge in [0, 0.05) is 24.3 Å². The van der Waals surface area contributed by atoms with Crippen LogP contribution in [0.1, 0.15) is 19.3 Å². The fourth-order valence-corrected chi connectivity index (χ4v) is 4.22. The zero-order valence-electron chi connectivity index (χ0n) is 14.2. The highest BCUT2D eigenvalue weighted by Gasteiger charge is 2.20. The predicted octanol–water partition coefficient (Wildman–Crippen LogP) is 3.67. The minimum absolute atomic E-state index is 0.0404. The van der Waals surface area contributed by atoms with Gasteiger partial charge >= 0.3 is 0 Å². The van der Waals surface area contributed by atoms with E-state index in [1.807, 2.05) is 0 Å². The molecule has 3 rings (SSSR count). The Labute approximate surface area is 157 Å². The van der Waals surface area contributed by atoms with E-state index in [0.29, 0.717) is 24.4 Å². The maximum Gasteiger partial charge on any atom is 0.261 e. The van der Waals surface area contributed by atoms with Crippen molar-refractivity contribution in [1.82, 2.24) is 0 Å². The van der Waals surface area contributed by atoms with E-state index < -0.39 is 10.0 Å². The number of amides is 1. The number of hydrogen-bond donors (Lipinski definition) is 1. The third-order valence-electron chi connectivity index (χ3n) is 4.19. The molecule has 0 aliphatic carbocycles. The van der Waals surface area contributed by atoms with E-state index in [2.05, 4.69) is 4.72 Å². The number of ether oxygens (including phenoxy) is 1. The van der Waals surface area contributed by atoms with Crippen molar-refractivity contribution in [2.75, 3.05) is 23.3 Å². The maximum absolute atomic E-state index is 12.5. The summed E-state index contributed by atoms with van der Waals surface area (Å²) in [5.41, 5.74) is 1.18. The van der Waals surface area contributed by atoms with Crippen LogP contribution in [0.5, 0.6) is 5.75 Å². The summed E-state index contributed by atoms with van der Waals surface area (Å²) in [5.74, 6) is 0.499. The van der Waals surface area contributed by atoms with Crippen LogP contribution in [-0.2, 0) is 14.8 Å². The highest BCUT2D eigenvalue weighted by Crippen LogP contribution is 2.28. The molecule has 2 aromatic rings. The largest absolute Gasteiger partial charge is 0.495 e. The molecule has 2 aromatic carbocycles. The van der Waals surface area contributed by atoms with E-state index in [0.717, 1.165) is 18.5 Å². The Balaban J connectivity index is 1.77. The molecule has 1 aliphatic heterocycles. The molecule has 1 aliphatic rings. The van der Waals surface area contributed by atoms with Crippen molar-refractivity contribution in [2.45, 2.75) is 24.2 Å². The molecule has 8 heteroatoms. The second-order valence-electron chi connectivity index (χ2n) is 5.95. The number of hydrogen-bond acceptors (Lipinski definition) is 4. The first kappa shape index (κ1) is 18.5. The molecule has 0 radical (unpaired) electrons. The van der Waals surface area contributed by atoms with Gasteiger partial charge in [-0.2, -0.15) is 0 Å². The summed E-state index contributed by atoms with van der Waals surface area (Å²) in [4.78, 5) is 13.7. The van der Waals surface area contributed by atoms with Gasteiger partial charge < -0.3 is 9.64 Å². The lowest BCUT2D eigenvalue weighted by Gasteiger charge is -2.26. The van der Waals surface area contributed by atoms with E-state index in [1.54, 1.807) is 29.2 Å². The number of carbonyl (C=O) groups is 1. The van der Waals surface area contributed by atoms with Gasteiger partial charge in [-0.05, 0) is 55.3 Å². The molecule has 0 aromatic heterocycles. The van der Waals surface area contributed by atoms with Gasteiger partial charge in [0.05, 0.1) is 17.0 Å². The van der Waals surface area contributed by atoms with Crippen LogP contribution in [0.25, 0.3) is 0 Å². The fourth-order valence-electron chi connectivity index (χ4n) is 2.82. The molecule has 1 heterocycles. The Morgan fingerprint density at radius 1 is 1.12 bits per heavy atom. The summed E-state index contributed by atoms with van der Waals surface area (Å²) in [6, 6.07) is 11.0. The Bertz CT molecular complexity index is 913. The summed E-state index contributed by atoms with van der Waals surface area (Å²) in [6.45, 7) is 0.689. The summed E-state index contributed by atoms with van der Waals surface area (Å²) in [6.07, 6.45) is 2.43. The van der Waals surface area contributed by atoms with Gasteiger partial charge in [0.15, 0.2) is 0 Å². The Morgan fingerprint density at radius 3 is 2.46 bits per heavy atom. The maximum atomic E-state index is 12.5. The third kappa shape index (κ3) is 3.94. The number of piperidine rings is 1. The number of carbonyl (C=O) groups excluding carboxylic acids is 1. The Hall–Kier alpha value is -2.25. The molecule has 1 fully saturated rings. The average Bonchev–Trinajstić information content (AvgIpc) is 2.62. The summed E-state index contributed by atoms with van der Waals surface area (Å²) in [7, 11) is -2.32. The molecule has 0 atom stereocenters. The lowest BCUT2D eigenvalue weighted by Crippen LogP contribution is -2.35. The number of methoxy groups -OCH3 is 1. The number of rotatable bonds is 5. The van der Waals surface area contributed by atoms with Gasteiger partial charge in [-0.15, -0.1) is 0 Å². The summed E-state index contributed by atoms with van der Waals surface area (Å²) < 4.78 is 32.6. The van der Waals surface area contributed by atoms with E-state index in [4.69, 9.17) is 16.3 Å². The molecule has 0 unspecified atom stereocenters. The van der Waals surface area contributed by atoms with Crippen LogP contribution in [0.3, 0.4) is 0 Å². The number of sulfonamides is 1. The molecule has 1 N–H and O–H groups in total. The second kappa shape index (κ2) is 7.55. The van der Waals surface area contributed by atoms with Crippen molar-refractivity contribution in [1.29, 1.82) is 0 Å².